The maximum Gasteiger partial charge on any atom is 0.282 e. The Kier molecular flexibility index (Phi) is 3.60. The molecule has 0 saturated heterocycles. The Morgan fingerprint density at radius 2 is 2.19 bits per heavy atom. The molecule has 0 atom stereocenters. The van der Waals surface area contributed by atoms with Gasteiger partial charge in [0.1, 0.15) is 5.69 Å². The van der Waals surface area contributed by atoms with Gasteiger partial charge in [-0.2, -0.15) is 0 Å². The van der Waals surface area contributed by atoms with Gasteiger partial charge in [0, 0.05) is 16.0 Å². The van der Waals surface area contributed by atoms with E-state index in [0.29, 0.717) is 10.7 Å². The molecule has 0 aromatic carbocycles. The number of hydrogen-bond acceptors (Lipinski definition) is 5. The Balaban J connectivity index is 1.95. The topological polar surface area (TPSA) is 63.5 Å². The molecule has 5 nitrogen and oxygen atoms in total. The summed E-state index contributed by atoms with van der Waals surface area (Å²) < 4.78 is 1.53. The minimum Gasteiger partial charge on any atom is -0.320 e. The van der Waals surface area contributed by atoms with Gasteiger partial charge in [-0.3, -0.25) is 14.0 Å². The van der Waals surface area contributed by atoms with Crippen LogP contribution in [0.3, 0.4) is 0 Å². The first-order chi connectivity index (χ1) is 10.1. The van der Waals surface area contributed by atoms with Crippen molar-refractivity contribution in [1.82, 2.24) is 9.38 Å². The molecule has 0 aliphatic heterocycles. The van der Waals surface area contributed by atoms with E-state index in [1.54, 1.807) is 6.92 Å². The smallest absolute Gasteiger partial charge is 0.282 e. The lowest BCUT2D eigenvalue weighted by Gasteiger charge is -2.07. The molecule has 0 spiro atoms. The van der Waals surface area contributed by atoms with Crippen LogP contribution in [0, 0.1) is 13.8 Å². The first-order valence-electron chi connectivity index (χ1n) is 6.36. The number of aromatic nitrogens is 2. The number of nitrogens with zero attached hydrogens (tertiary/aromatic N) is 2. The van der Waals surface area contributed by atoms with E-state index in [-0.39, 0.29) is 23.6 Å². The number of fused-ring (bicyclic) bond motifs is 1. The third-order valence-electron chi connectivity index (χ3n) is 3.10. The van der Waals surface area contributed by atoms with Crippen LogP contribution >= 0.6 is 22.7 Å². The van der Waals surface area contributed by atoms with Crippen molar-refractivity contribution >= 4 is 39.2 Å². The zero-order chi connectivity index (χ0) is 15.0. The van der Waals surface area contributed by atoms with Crippen LogP contribution in [0.4, 0.5) is 5.69 Å². The largest absolute Gasteiger partial charge is 0.320 e. The highest BCUT2D eigenvalue weighted by Crippen LogP contribution is 2.16. The maximum absolute atomic E-state index is 12.5. The summed E-state index contributed by atoms with van der Waals surface area (Å²) in [4.78, 5) is 30.5. The van der Waals surface area contributed by atoms with Crippen molar-refractivity contribution in [2.45, 2.75) is 20.3 Å². The highest BCUT2D eigenvalue weighted by atomic mass is 32.1. The van der Waals surface area contributed by atoms with E-state index >= 15 is 0 Å². The summed E-state index contributed by atoms with van der Waals surface area (Å²) >= 11 is 2.93. The third kappa shape index (κ3) is 2.62. The van der Waals surface area contributed by atoms with Crippen LogP contribution in [-0.2, 0) is 11.2 Å². The third-order valence-corrected chi connectivity index (χ3v) is 4.92. The molecule has 0 aliphatic rings. The Morgan fingerprint density at radius 1 is 1.38 bits per heavy atom. The minimum atomic E-state index is -0.226. The molecular weight excluding hydrogens is 306 g/mol. The Hall–Kier alpha value is -1.99. The van der Waals surface area contributed by atoms with Crippen LogP contribution in [0.2, 0.25) is 0 Å². The van der Waals surface area contributed by atoms with Gasteiger partial charge in [0.25, 0.3) is 5.56 Å². The SMILES string of the molecule is Cc1nc2scc(C)n2c(=O)c1NC(=O)Cc1cccs1. The average molecular weight is 319 g/mol. The van der Waals surface area contributed by atoms with Gasteiger partial charge in [0.2, 0.25) is 5.91 Å². The van der Waals surface area contributed by atoms with Crippen molar-refractivity contribution in [3.63, 3.8) is 0 Å². The van der Waals surface area contributed by atoms with Crippen LogP contribution in [0.1, 0.15) is 16.3 Å². The lowest BCUT2D eigenvalue weighted by atomic mass is 10.3. The Morgan fingerprint density at radius 3 is 2.90 bits per heavy atom. The molecule has 108 valence electrons. The molecule has 21 heavy (non-hydrogen) atoms. The highest BCUT2D eigenvalue weighted by Gasteiger charge is 2.15. The second kappa shape index (κ2) is 5.42. The van der Waals surface area contributed by atoms with Crippen LogP contribution in [-0.4, -0.2) is 15.3 Å². The second-order valence-electron chi connectivity index (χ2n) is 4.68. The molecule has 3 heterocycles. The molecule has 1 N–H and O–H groups in total. The number of amides is 1. The van der Waals surface area contributed by atoms with Gasteiger partial charge in [-0.05, 0) is 25.3 Å². The monoisotopic (exact) mass is 319 g/mol. The van der Waals surface area contributed by atoms with E-state index < -0.39 is 0 Å². The van der Waals surface area contributed by atoms with Gasteiger partial charge in [0.05, 0.1) is 12.1 Å². The number of aryl methyl sites for hydroxylation is 2. The predicted molar refractivity (Wildman–Crippen MR) is 85.5 cm³/mol. The first kappa shape index (κ1) is 14.0. The van der Waals surface area contributed by atoms with Crippen molar-refractivity contribution in [3.8, 4) is 0 Å². The van der Waals surface area contributed by atoms with E-state index in [9.17, 15) is 9.59 Å². The van der Waals surface area contributed by atoms with Crippen molar-refractivity contribution in [2.75, 3.05) is 5.32 Å². The molecule has 3 aromatic rings. The summed E-state index contributed by atoms with van der Waals surface area (Å²) in [5, 5.41) is 6.50. The molecule has 0 bridgehead atoms. The summed E-state index contributed by atoms with van der Waals surface area (Å²) in [6.45, 7) is 3.58. The van der Waals surface area contributed by atoms with Crippen molar-refractivity contribution in [1.29, 1.82) is 0 Å². The molecule has 0 radical (unpaired) electrons. The fraction of sp³-hybridized carbons (Fsp3) is 0.214. The van der Waals surface area contributed by atoms with E-state index in [4.69, 9.17) is 0 Å². The molecule has 7 heteroatoms. The van der Waals surface area contributed by atoms with Gasteiger partial charge in [-0.1, -0.05) is 6.07 Å². The predicted octanol–water partition coefficient (Wildman–Crippen LogP) is 2.62. The molecular formula is C14H13N3O2S2. The highest BCUT2D eigenvalue weighted by molar-refractivity contribution is 7.15. The molecule has 0 saturated carbocycles. The van der Waals surface area contributed by atoms with Crippen LogP contribution in [0.15, 0.2) is 27.7 Å². The zero-order valence-corrected chi connectivity index (χ0v) is 13.2. The Labute approximate surface area is 128 Å². The van der Waals surface area contributed by atoms with E-state index in [2.05, 4.69) is 10.3 Å². The van der Waals surface area contributed by atoms with Gasteiger partial charge >= 0.3 is 0 Å². The number of anilines is 1. The standard InChI is InChI=1S/C14H13N3O2S2/c1-8-7-21-14-15-9(2)12(13(19)17(8)14)16-11(18)6-10-4-3-5-20-10/h3-5,7H,6H2,1-2H3,(H,16,18). The van der Waals surface area contributed by atoms with Crippen molar-refractivity contribution in [3.05, 3.63) is 49.5 Å². The summed E-state index contributed by atoms with van der Waals surface area (Å²) in [6.07, 6.45) is 0.266. The summed E-state index contributed by atoms with van der Waals surface area (Å²) in [6, 6.07) is 3.80. The van der Waals surface area contributed by atoms with Crippen molar-refractivity contribution < 1.29 is 4.79 Å². The summed E-state index contributed by atoms with van der Waals surface area (Å²) in [5.74, 6) is -0.202. The summed E-state index contributed by atoms with van der Waals surface area (Å²) in [5.41, 5.74) is 1.40. The van der Waals surface area contributed by atoms with E-state index in [1.807, 2.05) is 29.8 Å². The number of carbonyl (C=O) groups excluding carboxylic acids is 1. The number of thiazole rings is 1. The van der Waals surface area contributed by atoms with E-state index in [1.165, 1.54) is 27.1 Å². The minimum absolute atomic E-state index is 0.202. The molecule has 0 fully saturated rings. The molecule has 3 aromatic heterocycles. The molecule has 1 amide bonds. The Bertz CT molecular complexity index is 862. The quantitative estimate of drug-likeness (QED) is 0.807. The fourth-order valence-corrected chi connectivity index (χ4v) is 3.69. The van der Waals surface area contributed by atoms with Crippen LogP contribution in [0.5, 0.6) is 0 Å². The molecule has 0 unspecified atom stereocenters. The first-order valence-corrected chi connectivity index (χ1v) is 8.12. The van der Waals surface area contributed by atoms with Gasteiger partial charge < -0.3 is 5.32 Å². The fourth-order valence-electron chi connectivity index (χ4n) is 2.08. The van der Waals surface area contributed by atoms with Crippen LogP contribution < -0.4 is 10.9 Å². The number of thiophene rings is 1. The molecule has 3 rings (SSSR count). The van der Waals surface area contributed by atoms with Gasteiger partial charge in [-0.25, -0.2) is 4.98 Å². The second-order valence-corrected chi connectivity index (χ2v) is 6.55. The van der Waals surface area contributed by atoms with Crippen molar-refractivity contribution in [2.24, 2.45) is 0 Å². The van der Waals surface area contributed by atoms with E-state index in [0.717, 1.165) is 10.6 Å². The molecule has 0 aliphatic carbocycles. The maximum atomic E-state index is 12.5. The number of rotatable bonds is 3. The zero-order valence-electron chi connectivity index (χ0n) is 11.5. The van der Waals surface area contributed by atoms with Gasteiger partial charge in [0.15, 0.2) is 4.96 Å². The number of carbonyl (C=O) groups is 1. The lowest BCUT2D eigenvalue weighted by molar-refractivity contribution is -0.115. The summed E-state index contributed by atoms with van der Waals surface area (Å²) in [7, 11) is 0. The van der Waals surface area contributed by atoms with Gasteiger partial charge in [-0.15, -0.1) is 22.7 Å². The number of nitrogens with one attached hydrogen (secondary N) is 1. The lowest BCUT2D eigenvalue weighted by Crippen LogP contribution is -2.25. The normalized spacial score (nSPS) is 11.0. The number of hydrogen-bond donors (Lipinski definition) is 1. The van der Waals surface area contributed by atoms with Crippen LogP contribution in [0.25, 0.3) is 4.96 Å². The average Bonchev–Trinajstić information content (AvgIpc) is 3.05.